The lowest BCUT2D eigenvalue weighted by Gasteiger charge is -2.22. The van der Waals surface area contributed by atoms with E-state index in [1.165, 1.54) is 24.3 Å². The molecule has 1 amide bonds. The van der Waals surface area contributed by atoms with Crippen LogP contribution in [0.2, 0.25) is 0 Å². The van der Waals surface area contributed by atoms with E-state index in [2.05, 4.69) is 5.32 Å². The smallest absolute Gasteiger partial charge is 0.244 e. The molecule has 0 bridgehead atoms. The summed E-state index contributed by atoms with van der Waals surface area (Å²) in [5.74, 6) is -1.24. The molecule has 140 valence electrons. The van der Waals surface area contributed by atoms with Crippen LogP contribution >= 0.6 is 12.4 Å². The fraction of sp³-hybridized carbons (Fsp3) is 0.316. The van der Waals surface area contributed by atoms with Crippen molar-refractivity contribution in [3.8, 4) is 5.75 Å². The summed E-state index contributed by atoms with van der Waals surface area (Å²) in [6.07, 6.45) is 3.11. The highest BCUT2D eigenvalue weighted by Gasteiger charge is 2.37. The Morgan fingerprint density at radius 3 is 2.54 bits per heavy atom. The van der Waals surface area contributed by atoms with Crippen molar-refractivity contribution in [1.29, 1.82) is 0 Å². The van der Waals surface area contributed by atoms with Gasteiger partial charge in [0.15, 0.2) is 11.6 Å². The molecule has 4 nitrogen and oxygen atoms in total. The summed E-state index contributed by atoms with van der Waals surface area (Å²) in [4.78, 5) is 12.3. The third kappa shape index (κ3) is 4.71. The number of benzene rings is 2. The number of hydrogen-bond acceptors (Lipinski definition) is 3. The summed E-state index contributed by atoms with van der Waals surface area (Å²) in [6, 6.07) is 10.1. The number of carbonyl (C=O) groups is 1. The van der Waals surface area contributed by atoms with E-state index < -0.39 is 11.4 Å². The van der Waals surface area contributed by atoms with Gasteiger partial charge in [-0.15, -0.1) is 12.4 Å². The van der Waals surface area contributed by atoms with E-state index in [9.17, 15) is 13.6 Å². The normalized spacial score (nSPS) is 15.2. The van der Waals surface area contributed by atoms with Crippen LogP contribution in [0.5, 0.6) is 5.75 Å². The largest absolute Gasteiger partial charge is 0.486 e. The number of hydrogen-bond donors (Lipinski definition) is 2. The molecule has 1 aliphatic carbocycles. The van der Waals surface area contributed by atoms with Crippen molar-refractivity contribution in [1.82, 2.24) is 0 Å². The molecule has 7 heteroatoms. The number of carbonyl (C=O) groups excluding carboxylic acids is 1. The van der Waals surface area contributed by atoms with Gasteiger partial charge in [-0.25, -0.2) is 8.78 Å². The quantitative estimate of drug-likeness (QED) is 0.815. The second-order valence-corrected chi connectivity index (χ2v) is 6.38. The molecule has 0 saturated heterocycles. The molecule has 3 rings (SSSR count). The lowest BCUT2D eigenvalue weighted by atomic mass is 9.98. The van der Waals surface area contributed by atoms with Crippen molar-refractivity contribution >= 4 is 24.0 Å². The van der Waals surface area contributed by atoms with Crippen LogP contribution in [0.25, 0.3) is 0 Å². The Morgan fingerprint density at radius 1 is 1.15 bits per heavy atom. The molecule has 1 saturated carbocycles. The lowest BCUT2D eigenvalue weighted by molar-refractivity contribution is -0.121. The van der Waals surface area contributed by atoms with Gasteiger partial charge in [0, 0.05) is 11.8 Å². The average Bonchev–Trinajstić information content (AvgIpc) is 3.02. The highest BCUT2D eigenvalue weighted by atomic mass is 35.5. The molecule has 0 aliphatic heterocycles. The molecular weight excluding hydrogens is 362 g/mol. The van der Waals surface area contributed by atoms with Gasteiger partial charge in [0.25, 0.3) is 0 Å². The van der Waals surface area contributed by atoms with Crippen LogP contribution in [0.1, 0.15) is 31.2 Å². The predicted molar refractivity (Wildman–Crippen MR) is 98.4 cm³/mol. The first-order valence-electron chi connectivity index (χ1n) is 8.23. The number of nitrogens with two attached hydrogens (primary N) is 1. The van der Waals surface area contributed by atoms with Gasteiger partial charge < -0.3 is 15.8 Å². The van der Waals surface area contributed by atoms with Crippen LogP contribution < -0.4 is 15.8 Å². The molecule has 2 aromatic carbocycles. The third-order valence-corrected chi connectivity index (χ3v) is 4.42. The Kier molecular flexibility index (Phi) is 6.56. The first kappa shape index (κ1) is 20.1. The molecule has 26 heavy (non-hydrogen) atoms. The number of rotatable bonds is 5. The van der Waals surface area contributed by atoms with E-state index in [-0.39, 0.29) is 36.5 Å². The Morgan fingerprint density at radius 2 is 1.88 bits per heavy atom. The topological polar surface area (TPSA) is 64.4 Å². The van der Waals surface area contributed by atoms with E-state index in [4.69, 9.17) is 10.5 Å². The van der Waals surface area contributed by atoms with Crippen molar-refractivity contribution in [2.45, 2.75) is 37.8 Å². The molecule has 3 N–H and O–H groups in total. The van der Waals surface area contributed by atoms with E-state index >= 15 is 0 Å². The number of anilines is 1. The van der Waals surface area contributed by atoms with Crippen molar-refractivity contribution in [3.63, 3.8) is 0 Å². The second-order valence-electron chi connectivity index (χ2n) is 6.38. The zero-order valence-electron chi connectivity index (χ0n) is 14.1. The molecule has 0 heterocycles. The molecule has 2 aromatic rings. The van der Waals surface area contributed by atoms with Crippen molar-refractivity contribution in [2.24, 2.45) is 5.73 Å². The van der Waals surface area contributed by atoms with Crippen LogP contribution in [0, 0.1) is 11.6 Å². The number of halogens is 3. The Balaban J connectivity index is 0.00000243. The van der Waals surface area contributed by atoms with Crippen molar-refractivity contribution < 1.29 is 18.3 Å². The maximum absolute atomic E-state index is 14.2. The fourth-order valence-electron chi connectivity index (χ4n) is 2.97. The van der Waals surface area contributed by atoms with Crippen LogP contribution in [0.3, 0.4) is 0 Å². The molecule has 1 fully saturated rings. The summed E-state index contributed by atoms with van der Waals surface area (Å²) in [6.45, 7) is 0.0479. The summed E-state index contributed by atoms with van der Waals surface area (Å²) in [7, 11) is 0. The van der Waals surface area contributed by atoms with Crippen LogP contribution in [-0.2, 0) is 11.4 Å². The SMILES string of the molecule is Cl.NC1(C(=O)Nc2ccc(OCc3cccc(F)c3)c(F)c2)CCCC1. The molecule has 0 aromatic heterocycles. The number of nitrogens with one attached hydrogen (secondary N) is 1. The van der Waals surface area contributed by atoms with E-state index in [1.807, 2.05) is 0 Å². The van der Waals surface area contributed by atoms with Gasteiger partial charge in [0.2, 0.25) is 5.91 Å². The Bertz CT molecular complexity index is 780. The highest BCUT2D eigenvalue weighted by Crippen LogP contribution is 2.29. The predicted octanol–water partition coefficient (Wildman–Crippen LogP) is 4.18. The maximum atomic E-state index is 14.2. The minimum Gasteiger partial charge on any atom is -0.486 e. The minimum absolute atomic E-state index is 0. The molecule has 1 aliphatic rings. The minimum atomic E-state index is -0.872. The van der Waals surface area contributed by atoms with Gasteiger partial charge in [-0.3, -0.25) is 4.79 Å². The van der Waals surface area contributed by atoms with E-state index in [1.54, 1.807) is 18.2 Å². The van der Waals surface area contributed by atoms with Crippen molar-refractivity contribution in [2.75, 3.05) is 5.32 Å². The highest BCUT2D eigenvalue weighted by molar-refractivity contribution is 5.98. The second kappa shape index (κ2) is 8.47. The summed E-state index contributed by atoms with van der Waals surface area (Å²) in [5, 5.41) is 2.66. The standard InChI is InChI=1S/C19H20F2N2O2.ClH/c20-14-5-3-4-13(10-14)12-25-17-7-6-15(11-16(17)21)23-18(24)19(22)8-1-2-9-19;/h3-7,10-11H,1-2,8-9,12,22H2,(H,23,24);1H. The zero-order valence-corrected chi connectivity index (χ0v) is 15.0. The van der Waals surface area contributed by atoms with Crippen molar-refractivity contribution in [3.05, 3.63) is 59.7 Å². The van der Waals surface area contributed by atoms with Crippen LogP contribution in [-0.4, -0.2) is 11.4 Å². The van der Waals surface area contributed by atoms with E-state index in [0.29, 0.717) is 24.1 Å². The lowest BCUT2D eigenvalue weighted by Crippen LogP contribution is -2.48. The summed E-state index contributed by atoms with van der Waals surface area (Å²) in [5.41, 5.74) is 6.14. The molecule has 0 unspecified atom stereocenters. The monoisotopic (exact) mass is 382 g/mol. The fourth-order valence-corrected chi connectivity index (χ4v) is 2.97. The summed E-state index contributed by atoms with van der Waals surface area (Å²) < 4.78 is 32.7. The zero-order chi connectivity index (χ0) is 17.9. The van der Waals surface area contributed by atoms with Gasteiger partial charge in [-0.1, -0.05) is 25.0 Å². The van der Waals surface area contributed by atoms with Crippen LogP contribution in [0.15, 0.2) is 42.5 Å². The van der Waals surface area contributed by atoms with Gasteiger partial charge in [-0.05, 0) is 42.7 Å². The molecule has 0 atom stereocenters. The third-order valence-electron chi connectivity index (χ3n) is 4.42. The Hall–Kier alpha value is -2.18. The van der Waals surface area contributed by atoms with Gasteiger partial charge in [-0.2, -0.15) is 0 Å². The average molecular weight is 383 g/mol. The molecular formula is C19H21ClF2N2O2. The first-order valence-corrected chi connectivity index (χ1v) is 8.23. The first-order chi connectivity index (χ1) is 12.0. The molecule has 0 radical (unpaired) electrons. The number of amides is 1. The number of ether oxygens (including phenoxy) is 1. The maximum Gasteiger partial charge on any atom is 0.244 e. The van der Waals surface area contributed by atoms with Gasteiger partial charge in [0.1, 0.15) is 12.4 Å². The Labute approximate surface area is 157 Å². The van der Waals surface area contributed by atoms with Crippen LogP contribution in [0.4, 0.5) is 14.5 Å². The molecule has 0 spiro atoms. The van der Waals surface area contributed by atoms with Gasteiger partial charge in [0.05, 0.1) is 5.54 Å². The summed E-state index contributed by atoms with van der Waals surface area (Å²) >= 11 is 0. The van der Waals surface area contributed by atoms with E-state index in [0.717, 1.165) is 12.8 Å². The van der Waals surface area contributed by atoms with Gasteiger partial charge >= 0.3 is 0 Å².